The molecule has 0 aliphatic carbocycles. The highest BCUT2D eigenvalue weighted by atomic mass is 127. The SMILES string of the molecule is C=CCSc1cc(=[N+]2CCCC2)ss1.[I-]. The van der Waals surface area contributed by atoms with Crippen molar-refractivity contribution in [1.29, 1.82) is 0 Å². The molecule has 1 aromatic heterocycles. The molecule has 1 aliphatic rings. The normalized spacial score (nSPS) is 15.1. The summed E-state index contributed by atoms with van der Waals surface area (Å²) < 4.78 is 5.38. The highest BCUT2D eigenvalue weighted by Gasteiger charge is 2.14. The Morgan fingerprint density at radius 3 is 2.80 bits per heavy atom. The molecule has 0 amide bonds. The Hall–Kier alpha value is 0.670. The average molecular weight is 371 g/mol. The Morgan fingerprint density at radius 2 is 2.13 bits per heavy atom. The van der Waals surface area contributed by atoms with Crippen LogP contribution in [0.1, 0.15) is 12.8 Å². The summed E-state index contributed by atoms with van der Waals surface area (Å²) in [5.41, 5.74) is 0. The first-order chi connectivity index (χ1) is 6.90. The molecule has 84 valence electrons. The van der Waals surface area contributed by atoms with Gasteiger partial charge < -0.3 is 24.0 Å². The van der Waals surface area contributed by atoms with E-state index < -0.39 is 0 Å². The number of hydrogen-bond donors (Lipinski definition) is 0. The van der Waals surface area contributed by atoms with Crippen LogP contribution in [-0.4, -0.2) is 18.8 Å². The van der Waals surface area contributed by atoms with E-state index in [1.54, 1.807) is 0 Å². The minimum atomic E-state index is 0. The molecule has 0 N–H and O–H groups in total. The van der Waals surface area contributed by atoms with Crippen LogP contribution >= 0.6 is 32.4 Å². The van der Waals surface area contributed by atoms with Crippen molar-refractivity contribution in [2.75, 3.05) is 18.8 Å². The van der Waals surface area contributed by atoms with Gasteiger partial charge in [0.15, 0.2) is 0 Å². The summed E-state index contributed by atoms with van der Waals surface area (Å²) in [6.07, 6.45) is 4.68. The van der Waals surface area contributed by atoms with Crippen molar-refractivity contribution in [3.63, 3.8) is 0 Å². The third-order valence-electron chi connectivity index (χ3n) is 2.21. The maximum Gasteiger partial charge on any atom is 0.268 e. The summed E-state index contributed by atoms with van der Waals surface area (Å²) >= 11 is 1.88. The molecule has 2 rings (SSSR count). The molecule has 0 unspecified atom stereocenters. The van der Waals surface area contributed by atoms with Gasteiger partial charge in [0.05, 0.1) is 4.21 Å². The molecular weight excluding hydrogens is 357 g/mol. The van der Waals surface area contributed by atoms with Gasteiger partial charge in [-0.25, -0.2) is 4.58 Å². The van der Waals surface area contributed by atoms with E-state index in [1.165, 1.54) is 34.8 Å². The lowest BCUT2D eigenvalue weighted by molar-refractivity contribution is -0.00000268. The quantitative estimate of drug-likeness (QED) is 0.231. The van der Waals surface area contributed by atoms with E-state index in [-0.39, 0.29) is 24.0 Å². The van der Waals surface area contributed by atoms with Crippen molar-refractivity contribution in [2.24, 2.45) is 0 Å². The zero-order chi connectivity index (χ0) is 9.80. The van der Waals surface area contributed by atoms with Crippen LogP contribution in [0.15, 0.2) is 22.9 Å². The van der Waals surface area contributed by atoms with E-state index >= 15 is 0 Å². The number of nitrogens with zero attached hydrogens (tertiary/aromatic N) is 1. The van der Waals surface area contributed by atoms with Crippen LogP contribution in [0.4, 0.5) is 0 Å². The molecule has 0 aromatic carbocycles. The number of rotatable bonds is 3. The fraction of sp³-hybridized carbons (Fsp3) is 0.500. The lowest BCUT2D eigenvalue weighted by atomic mass is 10.4. The maximum absolute atomic E-state index is 3.74. The Labute approximate surface area is 119 Å². The van der Waals surface area contributed by atoms with Gasteiger partial charge in [-0.3, -0.25) is 0 Å². The molecule has 5 heteroatoms. The zero-order valence-corrected chi connectivity index (χ0v) is 13.1. The van der Waals surface area contributed by atoms with E-state index in [0.29, 0.717) is 0 Å². The van der Waals surface area contributed by atoms with Crippen LogP contribution < -0.4 is 33.2 Å². The first kappa shape index (κ1) is 13.7. The van der Waals surface area contributed by atoms with Gasteiger partial charge in [-0.1, -0.05) is 16.4 Å². The van der Waals surface area contributed by atoms with Crippen LogP contribution in [0, 0.1) is 0 Å². The molecule has 0 saturated carbocycles. The number of thioether (sulfide) groups is 1. The van der Waals surface area contributed by atoms with Crippen molar-refractivity contribution in [3.05, 3.63) is 23.4 Å². The van der Waals surface area contributed by atoms with Crippen LogP contribution in [0.25, 0.3) is 0 Å². The first-order valence-corrected chi connectivity index (χ1v) is 7.95. The molecule has 1 aromatic rings. The Balaban J connectivity index is 0.00000112. The smallest absolute Gasteiger partial charge is 0.268 e. The summed E-state index contributed by atoms with van der Waals surface area (Å²) in [7, 11) is 3.80. The second-order valence-electron chi connectivity index (χ2n) is 3.26. The Morgan fingerprint density at radius 1 is 1.40 bits per heavy atom. The zero-order valence-electron chi connectivity index (χ0n) is 8.45. The summed E-state index contributed by atoms with van der Waals surface area (Å²) in [5, 5.41) is 0. The Bertz CT molecular complexity index is 372. The third kappa shape index (κ3) is 3.87. The van der Waals surface area contributed by atoms with Crippen molar-refractivity contribution in [2.45, 2.75) is 17.1 Å². The molecule has 1 nitrogen and oxygen atoms in total. The van der Waals surface area contributed by atoms with Gasteiger partial charge in [-0.2, -0.15) is 0 Å². The summed E-state index contributed by atoms with van der Waals surface area (Å²) in [6, 6.07) is 2.33. The highest BCUT2D eigenvalue weighted by Crippen LogP contribution is 2.23. The molecule has 1 aliphatic heterocycles. The standard InChI is InChI=1S/C10H14NS3.HI/c1-2-7-12-10-8-9(13-14-10)11-5-3-4-6-11;/h2,8H,1,3-7H2;1H/q+1;/p-1. The summed E-state index contributed by atoms with van der Waals surface area (Å²) in [5.74, 6) is 1.02. The lowest BCUT2D eigenvalue weighted by Crippen LogP contribution is -3.00. The molecule has 0 radical (unpaired) electrons. The van der Waals surface area contributed by atoms with Gasteiger partial charge in [0.25, 0.3) is 4.67 Å². The number of halogens is 1. The molecule has 0 bridgehead atoms. The van der Waals surface area contributed by atoms with Gasteiger partial charge in [0, 0.05) is 24.7 Å². The summed E-state index contributed by atoms with van der Waals surface area (Å²) in [6.45, 7) is 6.23. The molecule has 1 saturated heterocycles. The van der Waals surface area contributed by atoms with Crippen LogP contribution in [0.2, 0.25) is 0 Å². The maximum atomic E-state index is 3.74. The van der Waals surface area contributed by atoms with E-state index in [9.17, 15) is 0 Å². The average Bonchev–Trinajstić information content (AvgIpc) is 2.85. The van der Waals surface area contributed by atoms with E-state index in [2.05, 4.69) is 17.2 Å². The fourth-order valence-corrected chi connectivity index (χ4v) is 5.17. The third-order valence-corrected chi connectivity index (χ3v) is 6.15. The van der Waals surface area contributed by atoms with Crippen LogP contribution in [0.5, 0.6) is 0 Å². The van der Waals surface area contributed by atoms with Crippen molar-refractivity contribution < 1.29 is 24.0 Å². The van der Waals surface area contributed by atoms with Gasteiger partial charge in [0.2, 0.25) is 0 Å². The molecule has 0 spiro atoms. The Kier molecular flexibility index (Phi) is 6.49. The van der Waals surface area contributed by atoms with E-state index in [0.717, 1.165) is 5.75 Å². The van der Waals surface area contributed by atoms with Gasteiger partial charge in [-0.05, 0) is 10.3 Å². The largest absolute Gasteiger partial charge is 1.00 e. The predicted octanol–water partition coefficient (Wildman–Crippen LogP) is -0.342. The van der Waals surface area contributed by atoms with E-state index in [1.807, 2.05) is 38.5 Å². The summed E-state index contributed by atoms with van der Waals surface area (Å²) in [4.78, 5) is 0. The van der Waals surface area contributed by atoms with Gasteiger partial charge in [-0.15, -0.1) is 18.3 Å². The molecule has 15 heavy (non-hydrogen) atoms. The van der Waals surface area contributed by atoms with Gasteiger partial charge >= 0.3 is 0 Å². The fourth-order valence-electron chi connectivity index (χ4n) is 1.52. The molecule has 2 heterocycles. The second kappa shape index (κ2) is 7.09. The van der Waals surface area contributed by atoms with Crippen LogP contribution in [0.3, 0.4) is 0 Å². The van der Waals surface area contributed by atoms with Crippen molar-refractivity contribution in [3.8, 4) is 0 Å². The molecule has 1 fully saturated rings. The topological polar surface area (TPSA) is 3.01 Å². The minimum absolute atomic E-state index is 0. The monoisotopic (exact) mass is 371 g/mol. The van der Waals surface area contributed by atoms with Crippen molar-refractivity contribution >= 4 is 32.4 Å². The van der Waals surface area contributed by atoms with Crippen LogP contribution in [-0.2, 0) is 0 Å². The highest BCUT2D eigenvalue weighted by molar-refractivity contribution is 8.02. The molecular formula is C10H14INS3. The predicted molar refractivity (Wildman–Crippen MR) is 67.4 cm³/mol. The van der Waals surface area contributed by atoms with Gasteiger partial charge in [0.1, 0.15) is 13.1 Å². The minimum Gasteiger partial charge on any atom is -1.00 e. The molecule has 0 atom stereocenters. The number of hydrogen-bond acceptors (Lipinski definition) is 3. The second-order valence-corrected chi connectivity index (χ2v) is 6.77. The van der Waals surface area contributed by atoms with E-state index in [4.69, 9.17) is 0 Å². The van der Waals surface area contributed by atoms with Crippen molar-refractivity contribution in [1.82, 2.24) is 4.58 Å². The first-order valence-electron chi connectivity index (χ1n) is 4.82. The lowest BCUT2D eigenvalue weighted by Gasteiger charge is -1.87.